The number of nitrogens with one attached hydrogen (secondary N) is 3. The van der Waals surface area contributed by atoms with Gasteiger partial charge in [-0.05, 0) is 38.8 Å². The fourth-order valence-corrected chi connectivity index (χ4v) is 1.88. The Kier molecular flexibility index (Phi) is 7.36. The SMILES string of the molecule is CCOCCNC(=O)C(=O)NCC1CCCNC1. The van der Waals surface area contributed by atoms with Crippen molar-refractivity contribution in [1.29, 1.82) is 0 Å². The molecule has 0 aromatic rings. The van der Waals surface area contributed by atoms with Gasteiger partial charge in [-0.1, -0.05) is 0 Å². The summed E-state index contributed by atoms with van der Waals surface area (Å²) in [6, 6.07) is 0. The lowest BCUT2D eigenvalue weighted by atomic mass is 10.00. The molecule has 1 rings (SSSR count). The fraction of sp³-hybridized carbons (Fsp3) is 0.833. The van der Waals surface area contributed by atoms with Crippen molar-refractivity contribution in [3.05, 3.63) is 0 Å². The third-order valence-corrected chi connectivity index (χ3v) is 2.89. The first-order valence-corrected chi connectivity index (χ1v) is 6.58. The summed E-state index contributed by atoms with van der Waals surface area (Å²) in [7, 11) is 0. The number of hydrogen-bond acceptors (Lipinski definition) is 4. The predicted octanol–water partition coefficient (Wildman–Crippen LogP) is -0.745. The highest BCUT2D eigenvalue weighted by molar-refractivity contribution is 6.35. The Balaban J connectivity index is 2.09. The second kappa shape index (κ2) is 8.88. The summed E-state index contributed by atoms with van der Waals surface area (Å²) >= 11 is 0. The van der Waals surface area contributed by atoms with Crippen LogP contribution in [0.15, 0.2) is 0 Å². The van der Waals surface area contributed by atoms with Crippen LogP contribution >= 0.6 is 0 Å². The molecule has 1 aliphatic rings. The lowest BCUT2D eigenvalue weighted by molar-refractivity contribution is -0.139. The molecule has 0 bridgehead atoms. The Morgan fingerprint density at radius 2 is 2.11 bits per heavy atom. The van der Waals surface area contributed by atoms with Gasteiger partial charge in [0, 0.05) is 19.7 Å². The second-order valence-corrected chi connectivity index (χ2v) is 4.38. The number of ether oxygens (including phenoxy) is 1. The third-order valence-electron chi connectivity index (χ3n) is 2.89. The van der Waals surface area contributed by atoms with E-state index < -0.39 is 11.8 Å². The molecule has 3 N–H and O–H groups in total. The summed E-state index contributed by atoms with van der Waals surface area (Å²) in [6.07, 6.45) is 2.22. The maximum atomic E-state index is 11.5. The summed E-state index contributed by atoms with van der Waals surface area (Å²) in [6.45, 7) is 5.80. The van der Waals surface area contributed by atoms with Gasteiger partial charge in [-0.25, -0.2) is 0 Å². The van der Waals surface area contributed by atoms with E-state index in [0.717, 1.165) is 25.9 Å². The zero-order valence-electron chi connectivity index (χ0n) is 11.0. The van der Waals surface area contributed by atoms with Gasteiger partial charge in [-0.3, -0.25) is 9.59 Å². The molecule has 6 nitrogen and oxygen atoms in total. The van der Waals surface area contributed by atoms with Gasteiger partial charge in [-0.2, -0.15) is 0 Å². The Morgan fingerprint density at radius 3 is 2.78 bits per heavy atom. The van der Waals surface area contributed by atoms with Crippen LogP contribution in [0.25, 0.3) is 0 Å². The smallest absolute Gasteiger partial charge is 0.309 e. The minimum absolute atomic E-state index is 0.366. The van der Waals surface area contributed by atoms with Crippen molar-refractivity contribution in [2.24, 2.45) is 5.92 Å². The standard InChI is InChI=1S/C12H23N3O3/c1-2-18-7-6-14-11(16)12(17)15-9-10-4-3-5-13-8-10/h10,13H,2-9H2,1H3,(H,14,16)(H,15,17). The van der Waals surface area contributed by atoms with E-state index in [-0.39, 0.29) is 0 Å². The number of carbonyl (C=O) groups is 2. The van der Waals surface area contributed by atoms with E-state index >= 15 is 0 Å². The molecule has 2 amide bonds. The van der Waals surface area contributed by atoms with E-state index in [0.29, 0.717) is 32.2 Å². The fourth-order valence-electron chi connectivity index (χ4n) is 1.88. The minimum atomic E-state index is -0.585. The number of rotatable bonds is 6. The molecule has 0 radical (unpaired) electrons. The average Bonchev–Trinajstić information content (AvgIpc) is 2.42. The molecule has 1 saturated heterocycles. The van der Waals surface area contributed by atoms with Gasteiger partial charge in [0.2, 0.25) is 0 Å². The van der Waals surface area contributed by atoms with Gasteiger partial charge in [0.25, 0.3) is 0 Å². The largest absolute Gasteiger partial charge is 0.380 e. The van der Waals surface area contributed by atoms with Crippen molar-refractivity contribution < 1.29 is 14.3 Å². The highest BCUT2D eigenvalue weighted by Gasteiger charge is 2.17. The van der Waals surface area contributed by atoms with Crippen molar-refractivity contribution >= 4 is 11.8 Å². The first-order valence-electron chi connectivity index (χ1n) is 6.58. The topological polar surface area (TPSA) is 79.5 Å². The maximum Gasteiger partial charge on any atom is 0.309 e. The molecular formula is C12H23N3O3. The van der Waals surface area contributed by atoms with Crippen LogP contribution in [0.2, 0.25) is 0 Å². The van der Waals surface area contributed by atoms with Crippen LogP contribution < -0.4 is 16.0 Å². The van der Waals surface area contributed by atoms with Crippen LogP contribution in [0.4, 0.5) is 0 Å². The second-order valence-electron chi connectivity index (χ2n) is 4.38. The highest BCUT2D eigenvalue weighted by Crippen LogP contribution is 2.07. The molecule has 6 heteroatoms. The predicted molar refractivity (Wildman–Crippen MR) is 68.1 cm³/mol. The van der Waals surface area contributed by atoms with E-state index in [4.69, 9.17) is 4.74 Å². The number of carbonyl (C=O) groups excluding carboxylic acids is 2. The lowest BCUT2D eigenvalue weighted by Gasteiger charge is -2.22. The molecule has 104 valence electrons. The first-order chi connectivity index (χ1) is 8.74. The minimum Gasteiger partial charge on any atom is -0.380 e. The van der Waals surface area contributed by atoms with Crippen molar-refractivity contribution in [2.75, 3.05) is 39.4 Å². The Bertz CT molecular complexity index is 265. The van der Waals surface area contributed by atoms with Crippen LogP contribution in [0.5, 0.6) is 0 Å². The normalized spacial score (nSPS) is 19.3. The molecule has 0 aromatic carbocycles. The molecule has 1 aliphatic heterocycles. The summed E-state index contributed by atoms with van der Waals surface area (Å²) in [5, 5.41) is 8.44. The van der Waals surface area contributed by atoms with E-state index in [1.54, 1.807) is 0 Å². The van der Waals surface area contributed by atoms with Gasteiger partial charge in [-0.15, -0.1) is 0 Å². The molecule has 18 heavy (non-hydrogen) atoms. The van der Waals surface area contributed by atoms with E-state index in [2.05, 4.69) is 16.0 Å². The molecule has 0 saturated carbocycles. The molecule has 1 fully saturated rings. The Hall–Kier alpha value is -1.14. The highest BCUT2D eigenvalue weighted by atomic mass is 16.5. The monoisotopic (exact) mass is 257 g/mol. The van der Waals surface area contributed by atoms with Crippen molar-refractivity contribution in [2.45, 2.75) is 19.8 Å². The number of piperidine rings is 1. The van der Waals surface area contributed by atoms with Gasteiger partial charge in [0.15, 0.2) is 0 Å². The van der Waals surface area contributed by atoms with Crippen LogP contribution in [-0.2, 0) is 14.3 Å². The van der Waals surface area contributed by atoms with Gasteiger partial charge in [0.05, 0.1) is 6.61 Å². The molecule has 0 aliphatic carbocycles. The zero-order chi connectivity index (χ0) is 13.2. The van der Waals surface area contributed by atoms with E-state index in [1.165, 1.54) is 0 Å². The molecular weight excluding hydrogens is 234 g/mol. The van der Waals surface area contributed by atoms with Crippen molar-refractivity contribution in [3.8, 4) is 0 Å². The zero-order valence-corrected chi connectivity index (χ0v) is 11.0. The molecule has 1 heterocycles. The molecule has 1 unspecified atom stereocenters. The van der Waals surface area contributed by atoms with Gasteiger partial charge < -0.3 is 20.7 Å². The molecule has 0 aromatic heterocycles. The third kappa shape index (κ3) is 5.97. The van der Waals surface area contributed by atoms with Gasteiger partial charge >= 0.3 is 11.8 Å². The summed E-state index contributed by atoms with van der Waals surface area (Å²) < 4.78 is 5.06. The van der Waals surface area contributed by atoms with Gasteiger partial charge in [0.1, 0.15) is 0 Å². The molecule has 1 atom stereocenters. The van der Waals surface area contributed by atoms with Crippen LogP contribution in [-0.4, -0.2) is 51.2 Å². The number of amides is 2. The summed E-state index contributed by atoms with van der Waals surface area (Å²) in [5.74, 6) is -0.713. The Labute approximate surface area is 108 Å². The van der Waals surface area contributed by atoms with E-state index in [1.807, 2.05) is 6.92 Å². The maximum absolute atomic E-state index is 11.5. The quantitative estimate of drug-likeness (QED) is 0.432. The van der Waals surface area contributed by atoms with Crippen LogP contribution in [0.3, 0.4) is 0 Å². The molecule has 0 spiro atoms. The number of hydrogen-bond donors (Lipinski definition) is 3. The van der Waals surface area contributed by atoms with Crippen molar-refractivity contribution in [1.82, 2.24) is 16.0 Å². The van der Waals surface area contributed by atoms with Crippen LogP contribution in [0.1, 0.15) is 19.8 Å². The first kappa shape index (κ1) is 14.9. The average molecular weight is 257 g/mol. The van der Waals surface area contributed by atoms with Crippen molar-refractivity contribution in [3.63, 3.8) is 0 Å². The lowest BCUT2D eigenvalue weighted by Crippen LogP contribution is -2.44. The summed E-state index contributed by atoms with van der Waals surface area (Å²) in [4.78, 5) is 22.8. The Morgan fingerprint density at radius 1 is 1.33 bits per heavy atom. The van der Waals surface area contributed by atoms with Crippen LogP contribution in [0, 0.1) is 5.92 Å². The van der Waals surface area contributed by atoms with E-state index in [9.17, 15) is 9.59 Å². The summed E-state index contributed by atoms with van der Waals surface area (Å²) in [5.41, 5.74) is 0.